The fourth-order valence-corrected chi connectivity index (χ4v) is 3.58. The van der Waals surface area contributed by atoms with Crippen LogP contribution in [-0.2, 0) is 24.4 Å². The minimum absolute atomic E-state index is 0.258. The third-order valence-electron chi connectivity index (χ3n) is 5.14. The van der Waals surface area contributed by atoms with Gasteiger partial charge in [-0.2, -0.15) is 0 Å². The average molecular weight is 395 g/mol. The van der Waals surface area contributed by atoms with Gasteiger partial charge in [0.1, 0.15) is 5.75 Å². The van der Waals surface area contributed by atoms with E-state index in [4.69, 9.17) is 4.74 Å². The molecule has 0 atom stereocenters. The van der Waals surface area contributed by atoms with Crippen molar-refractivity contribution in [3.05, 3.63) is 65.2 Å². The van der Waals surface area contributed by atoms with Gasteiger partial charge in [0.05, 0.1) is 7.11 Å². The number of hydrogen-bond donors (Lipinski definition) is 1. The van der Waals surface area contributed by atoms with Gasteiger partial charge in [-0.1, -0.05) is 36.4 Å². The summed E-state index contributed by atoms with van der Waals surface area (Å²) in [5.74, 6) is 1.95. The number of hydrogen-bond acceptors (Lipinski definition) is 3. The lowest BCUT2D eigenvalue weighted by Crippen LogP contribution is -2.38. The van der Waals surface area contributed by atoms with Gasteiger partial charge in [-0.05, 0) is 35.2 Å². The van der Waals surface area contributed by atoms with Crippen LogP contribution in [0.4, 0.5) is 0 Å². The smallest absolute Gasteiger partial charge is 0.222 e. The molecular weight excluding hydrogens is 364 g/mol. The fourth-order valence-electron chi connectivity index (χ4n) is 3.58. The van der Waals surface area contributed by atoms with Crippen molar-refractivity contribution in [1.29, 1.82) is 0 Å². The number of ether oxygens (including phenoxy) is 1. The quantitative estimate of drug-likeness (QED) is 0.579. The first kappa shape index (κ1) is 20.7. The minimum atomic E-state index is 0.258. The van der Waals surface area contributed by atoms with E-state index in [2.05, 4.69) is 51.6 Å². The summed E-state index contributed by atoms with van der Waals surface area (Å²) in [6.45, 7) is 2.99. The number of methoxy groups -OCH3 is 1. The van der Waals surface area contributed by atoms with Crippen molar-refractivity contribution in [2.45, 2.75) is 32.5 Å². The van der Waals surface area contributed by atoms with Gasteiger partial charge in [0, 0.05) is 46.7 Å². The van der Waals surface area contributed by atoms with Crippen LogP contribution in [0.15, 0.2) is 53.5 Å². The molecule has 0 spiro atoms. The molecule has 6 heteroatoms. The summed E-state index contributed by atoms with van der Waals surface area (Å²) in [5, 5.41) is 3.43. The van der Waals surface area contributed by atoms with E-state index in [1.54, 1.807) is 14.2 Å². The summed E-state index contributed by atoms with van der Waals surface area (Å²) in [4.78, 5) is 20.3. The lowest BCUT2D eigenvalue weighted by Gasteiger charge is -2.22. The molecule has 1 aliphatic rings. The summed E-state index contributed by atoms with van der Waals surface area (Å²) >= 11 is 0. The molecule has 2 aromatic carbocycles. The molecule has 29 heavy (non-hydrogen) atoms. The summed E-state index contributed by atoms with van der Waals surface area (Å²) < 4.78 is 5.22. The van der Waals surface area contributed by atoms with Crippen LogP contribution in [-0.4, -0.2) is 49.4 Å². The highest BCUT2D eigenvalue weighted by atomic mass is 16.5. The zero-order valence-electron chi connectivity index (χ0n) is 17.5. The zero-order chi connectivity index (χ0) is 20.6. The Balaban J connectivity index is 1.55. The second-order valence-electron chi connectivity index (χ2n) is 7.34. The van der Waals surface area contributed by atoms with Crippen LogP contribution in [0, 0.1) is 0 Å². The van der Waals surface area contributed by atoms with Crippen LogP contribution in [0.3, 0.4) is 0 Å². The molecule has 2 aromatic rings. The second kappa shape index (κ2) is 9.96. The molecule has 0 bridgehead atoms. The first-order chi connectivity index (χ1) is 14.1. The van der Waals surface area contributed by atoms with Crippen LogP contribution in [0.2, 0.25) is 0 Å². The van der Waals surface area contributed by atoms with Gasteiger partial charge in [-0.25, -0.2) is 0 Å². The molecule has 154 valence electrons. The zero-order valence-corrected chi connectivity index (χ0v) is 17.5. The number of carbonyl (C=O) groups is 1. The normalized spacial score (nSPS) is 14.2. The minimum Gasteiger partial charge on any atom is -0.497 e. The van der Waals surface area contributed by atoms with Crippen molar-refractivity contribution in [2.24, 2.45) is 4.99 Å². The van der Waals surface area contributed by atoms with Crippen molar-refractivity contribution in [1.82, 2.24) is 15.1 Å². The molecule has 0 aliphatic carbocycles. The third-order valence-corrected chi connectivity index (χ3v) is 5.14. The maximum Gasteiger partial charge on any atom is 0.222 e. The van der Waals surface area contributed by atoms with E-state index in [1.807, 2.05) is 24.1 Å². The predicted molar refractivity (Wildman–Crippen MR) is 116 cm³/mol. The number of likely N-dealkylation sites (tertiary alicyclic amines) is 1. The molecule has 0 aromatic heterocycles. The molecule has 0 unspecified atom stereocenters. The molecular formula is C23H30N4O2. The molecule has 1 heterocycles. The number of nitrogens with one attached hydrogen (secondary N) is 1. The number of aliphatic imine (C=N–C) groups is 1. The molecule has 6 nitrogen and oxygen atoms in total. The fraction of sp³-hybridized carbons (Fsp3) is 0.391. The molecule has 1 amide bonds. The SMILES string of the molecule is CN=C(NCc1cccc(CN2CCCC2=O)c1)N(C)Cc1ccc(OC)cc1. The lowest BCUT2D eigenvalue weighted by molar-refractivity contribution is -0.128. The maximum absolute atomic E-state index is 11.9. The van der Waals surface area contributed by atoms with E-state index in [0.29, 0.717) is 19.5 Å². The highest BCUT2D eigenvalue weighted by molar-refractivity contribution is 5.79. The Labute approximate surface area is 173 Å². The third kappa shape index (κ3) is 5.73. The van der Waals surface area contributed by atoms with E-state index in [0.717, 1.165) is 31.2 Å². The Hall–Kier alpha value is -3.02. The van der Waals surface area contributed by atoms with Gasteiger partial charge in [-0.15, -0.1) is 0 Å². The summed E-state index contributed by atoms with van der Waals surface area (Å²) in [6.07, 6.45) is 1.65. The first-order valence-corrected chi connectivity index (χ1v) is 9.99. The van der Waals surface area contributed by atoms with Crippen LogP contribution in [0.1, 0.15) is 29.5 Å². The predicted octanol–water partition coefficient (Wildman–Crippen LogP) is 3.03. The highest BCUT2D eigenvalue weighted by Crippen LogP contribution is 2.16. The largest absolute Gasteiger partial charge is 0.497 e. The van der Waals surface area contributed by atoms with Gasteiger partial charge in [0.25, 0.3) is 0 Å². The van der Waals surface area contributed by atoms with Crippen molar-refractivity contribution in [3.8, 4) is 5.75 Å². The van der Waals surface area contributed by atoms with Gasteiger partial charge in [0.15, 0.2) is 5.96 Å². The standard InChI is InChI=1S/C23H30N4O2/c1-24-23(26(2)16-18-9-11-21(29-3)12-10-18)25-15-19-6-4-7-20(14-19)17-27-13-5-8-22(27)28/h4,6-7,9-12,14H,5,8,13,15-17H2,1-3H3,(H,24,25). The Morgan fingerprint density at radius 2 is 1.93 bits per heavy atom. The molecule has 0 saturated carbocycles. The van der Waals surface area contributed by atoms with Crippen molar-refractivity contribution in [2.75, 3.05) is 27.7 Å². The van der Waals surface area contributed by atoms with E-state index < -0.39 is 0 Å². The average Bonchev–Trinajstić information content (AvgIpc) is 3.14. The second-order valence-corrected chi connectivity index (χ2v) is 7.34. The van der Waals surface area contributed by atoms with Crippen molar-refractivity contribution < 1.29 is 9.53 Å². The van der Waals surface area contributed by atoms with Crippen LogP contribution < -0.4 is 10.1 Å². The van der Waals surface area contributed by atoms with Crippen molar-refractivity contribution in [3.63, 3.8) is 0 Å². The number of carbonyl (C=O) groups excluding carboxylic acids is 1. The molecule has 1 N–H and O–H groups in total. The summed E-state index contributed by atoms with van der Waals surface area (Å²) in [5.41, 5.74) is 3.53. The van der Waals surface area contributed by atoms with Gasteiger partial charge >= 0.3 is 0 Å². The van der Waals surface area contributed by atoms with Gasteiger partial charge in [-0.3, -0.25) is 9.79 Å². The molecule has 1 fully saturated rings. The first-order valence-electron chi connectivity index (χ1n) is 9.99. The van der Waals surface area contributed by atoms with Crippen LogP contribution >= 0.6 is 0 Å². The number of amides is 1. The van der Waals surface area contributed by atoms with Gasteiger partial charge < -0.3 is 19.9 Å². The van der Waals surface area contributed by atoms with Crippen LogP contribution in [0.25, 0.3) is 0 Å². The van der Waals surface area contributed by atoms with E-state index >= 15 is 0 Å². The van der Waals surface area contributed by atoms with E-state index in [1.165, 1.54) is 16.7 Å². The molecule has 0 radical (unpaired) electrons. The van der Waals surface area contributed by atoms with E-state index in [-0.39, 0.29) is 5.91 Å². The topological polar surface area (TPSA) is 57.2 Å². The number of nitrogens with zero attached hydrogens (tertiary/aromatic N) is 3. The van der Waals surface area contributed by atoms with E-state index in [9.17, 15) is 4.79 Å². The maximum atomic E-state index is 11.9. The Kier molecular flexibility index (Phi) is 7.11. The summed E-state index contributed by atoms with van der Waals surface area (Å²) in [7, 11) is 5.49. The Morgan fingerprint density at radius 1 is 1.17 bits per heavy atom. The molecule has 1 aliphatic heterocycles. The molecule has 3 rings (SSSR count). The monoisotopic (exact) mass is 394 g/mol. The van der Waals surface area contributed by atoms with Gasteiger partial charge in [0.2, 0.25) is 5.91 Å². The van der Waals surface area contributed by atoms with Crippen molar-refractivity contribution >= 4 is 11.9 Å². The molecule has 1 saturated heterocycles. The summed E-state index contributed by atoms with van der Waals surface area (Å²) in [6, 6.07) is 16.5. The lowest BCUT2D eigenvalue weighted by atomic mass is 10.1. The Bertz CT molecular complexity index is 848. The number of rotatable bonds is 7. The Morgan fingerprint density at radius 3 is 2.59 bits per heavy atom. The van der Waals surface area contributed by atoms with Crippen LogP contribution in [0.5, 0.6) is 5.75 Å². The highest BCUT2D eigenvalue weighted by Gasteiger charge is 2.19. The number of guanidine groups is 1. The number of benzene rings is 2.